The Kier molecular flexibility index (Phi) is 5.81. The number of H-pyrrole nitrogens is 1. The fourth-order valence-corrected chi connectivity index (χ4v) is 4.24. The SMILES string of the molecule is O=C(c1cc(-c2ccc(O)cc2Cl)nc2n[nH]c(C=Cc3ccccc3)c12)N1CCNCC1. The Labute approximate surface area is 195 Å². The van der Waals surface area contributed by atoms with Gasteiger partial charge in [0.25, 0.3) is 5.91 Å². The molecule has 2 aromatic carbocycles. The molecule has 33 heavy (non-hydrogen) atoms. The van der Waals surface area contributed by atoms with Gasteiger partial charge in [0.15, 0.2) is 5.65 Å². The molecule has 8 heteroatoms. The smallest absolute Gasteiger partial charge is 0.254 e. The van der Waals surface area contributed by atoms with Crippen LogP contribution in [0.5, 0.6) is 5.75 Å². The second-order valence-corrected chi connectivity index (χ2v) is 8.25. The van der Waals surface area contributed by atoms with Crippen LogP contribution in [0.3, 0.4) is 0 Å². The van der Waals surface area contributed by atoms with Crippen LogP contribution in [0, 0.1) is 0 Å². The first-order chi connectivity index (χ1) is 16.1. The van der Waals surface area contributed by atoms with Crippen molar-refractivity contribution in [2.24, 2.45) is 0 Å². The molecule has 1 aliphatic rings. The summed E-state index contributed by atoms with van der Waals surface area (Å²) in [4.78, 5) is 20.1. The zero-order valence-corrected chi connectivity index (χ0v) is 18.5. The molecule has 1 amide bonds. The lowest BCUT2D eigenvalue weighted by Crippen LogP contribution is -2.46. The number of rotatable bonds is 4. The van der Waals surface area contributed by atoms with E-state index in [9.17, 15) is 9.90 Å². The van der Waals surface area contributed by atoms with Crippen LogP contribution in [0.1, 0.15) is 21.6 Å². The number of phenolic OH excluding ortho intramolecular Hbond substituents is 1. The normalized spacial score (nSPS) is 14.3. The average Bonchev–Trinajstić information content (AvgIpc) is 3.26. The summed E-state index contributed by atoms with van der Waals surface area (Å²) in [5.74, 6) is -0.00846. The Balaban J connectivity index is 1.65. The van der Waals surface area contributed by atoms with Crippen LogP contribution in [0.15, 0.2) is 54.6 Å². The third-order valence-electron chi connectivity index (χ3n) is 5.66. The molecule has 0 saturated carbocycles. The number of aromatic amines is 1. The minimum atomic E-state index is -0.0733. The van der Waals surface area contributed by atoms with E-state index < -0.39 is 0 Å². The molecule has 0 bridgehead atoms. The number of hydrogen-bond acceptors (Lipinski definition) is 5. The third kappa shape index (κ3) is 4.33. The number of aromatic hydroxyl groups is 1. The molecule has 1 saturated heterocycles. The number of pyridine rings is 1. The molecule has 0 aliphatic carbocycles. The van der Waals surface area contributed by atoms with Gasteiger partial charge in [0, 0.05) is 31.7 Å². The van der Waals surface area contributed by atoms with Gasteiger partial charge >= 0.3 is 0 Å². The largest absolute Gasteiger partial charge is 0.508 e. The van der Waals surface area contributed by atoms with Crippen LogP contribution in [-0.2, 0) is 0 Å². The summed E-state index contributed by atoms with van der Waals surface area (Å²) in [6.07, 6.45) is 3.88. The fraction of sp³-hybridized carbons (Fsp3) is 0.160. The number of halogens is 1. The fourth-order valence-electron chi connectivity index (χ4n) is 3.97. The maximum atomic E-state index is 13.6. The maximum Gasteiger partial charge on any atom is 0.254 e. The lowest BCUT2D eigenvalue weighted by Gasteiger charge is -2.27. The van der Waals surface area contributed by atoms with E-state index in [1.54, 1.807) is 18.2 Å². The molecular weight excluding hydrogens is 438 g/mol. The number of carbonyl (C=O) groups is 1. The zero-order valence-electron chi connectivity index (χ0n) is 17.8. The average molecular weight is 460 g/mol. The highest BCUT2D eigenvalue weighted by Gasteiger charge is 2.24. The van der Waals surface area contributed by atoms with Crippen LogP contribution in [0.2, 0.25) is 5.02 Å². The van der Waals surface area contributed by atoms with Crippen molar-refractivity contribution in [1.29, 1.82) is 0 Å². The van der Waals surface area contributed by atoms with Crippen molar-refractivity contribution >= 4 is 40.7 Å². The van der Waals surface area contributed by atoms with Gasteiger partial charge in [-0.1, -0.05) is 48.0 Å². The molecule has 2 aromatic heterocycles. The highest BCUT2D eigenvalue weighted by atomic mass is 35.5. The van der Waals surface area contributed by atoms with E-state index in [-0.39, 0.29) is 11.7 Å². The maximum absolute atomic E-state index is 13.6. The number of nitrogens with one attached hydrogen (secondary N) is 2. The Morgan fingerprint density at radius 2 is 1.85 bits per heavy atom. The van der Waals surface area contributed by atoms with Crippen molar-refractivity contribution < 1.29 is 9.90 Å². The first kappa shape index (κ1) is 21.2. The number of fused-ring (bicyclic) bond motifs is 1. The standard InChI is InChI=1S/C25H22ClN5O2/c26-20-14-17(32)7-8-18(20)22-15-19(25(33)31-12-10-27-11-13-31)23-21(29-30-24(23)28-22)9-6-16-4-2-1-3-5-16/h1-9,14-15,27,32H,10-13H2,(H,28,29,30). The predicted molar refractivity (Wildman–Crippen MR) is 130 cm³/mol. The first-order valence-corrected chi connectivity index (χ1v) is 11.1. The van der Waals surface area contributed by atoms with E-state index >= 15 is 0 Å². The van der Waals surface area contributed by atoms with Gasteiger partial charge < -0.3 is 15.3 Å². The quantitative estimate of drug-likeness (QED) is 0.425. The number of amides is 1. The number of phenols is 1. The van der Waals surface area contributed by atoms with Gasteiger partial charge in [-0.05, 0) is 35.9 Å². The number of nitrogens with zero attached hydrogens (tertiary/aromatic N) is 3. The van der Waals surface area contributed by atoms with Crippen LogP contribution in [0.4, 0.5) is 0 Å². The third-order valence-corrected chi connectivity index (χ3v) is 5.97. The molecule has 166 valence electrons. The van der Waals surface area contributed by atoms with Gasteiger partial charge in [0.05, 0.1) is 27.4 Å². The van der Waals surface area contributed by atoms with Gasteiger partial charge in [-0.25, -0.2) is 4.98 Å². The number of hydrogen-bond donors (Lipinski definition) is 3. The molecule has 0 atom stereocenters. The van der Waals surface area contributed by atoms with Crippen LogP contribution in [0.25, 0.3) is 34.4 Å². The Morgan fingerprint density at radius 3 is 2.61 bits per heavy atom. The van der Waals surface area contributed by atoms with Crippen LogP contribution in [-0.4, -0.2) is 57.3 Å². The van der Waals surface area contributed by atoms with E-state index in [4.69, 9.17) is 11.6 Å². The summed E-state index contributed by atoms with van der Waals surface area (Å²) in [5.41, 5.74) is 3.84. The predicted octanol–water partition coefficient (Wildman–Crippen LogP) is 4.20. The summed E-state index contributed by atoms with van der Waals surface area (Å²) in [5, 5.41) is 21.4. The van der Waals surface area contributed by atoms with Gasteiger partial charge in [-0.15, -0.1) is 0 Å². The molecule has 4 aromatic rings. The minimum absolute atomic E-state index is 0.0649. The molecule has 0 radical (unpaired) electrons. The first-order valence-electron chi connectivity index (χ1n) is 10.7. The van der Waals surface area contributed by atoms with E-state index in [1.807, 2.05) is 47.4 Å². The van der Waals surface area contributed by atoms with Gasteiger partial charge in [-0.3, -0.25) is 9.89 Å². The number of carbonyl (C=O) groups excluding carboxylic acids is 1. The van der Waals surface area contributed by atoms with Crippen LogP contribution < -0.4 is 5.32 Å². The molecule has 3 heterocycles. The summed E-state index contributed by atoms with van der Waals surface area (Å²) in [7, 11) is 0. The van der Waals surface area contributed by atoms with E-state index in [2.05, 4.69) is 20.5 Å². The second kappa shape index (κ2) is 9.05. The zero-order chi connectivity index (χ0) is 22.8. The Morgan fingerprint density at radius 1 is 1.06 bits per heavy atom. The van der Waals surface area contributed by atoms with E-state index in [0.717, 1.165) is 18.7 Å². The van der Waals surface area contributed by atoms with Crippen molar-refractivity contribution in [2.75, 3.05) is 26.2 Å². The molecule has 5 rings (SSSR count). The van der Waals surface area contributed by atoms with Crippen molar-refractivity contribution in [3.05, 3.63) is 76.4 Å². The lowest BCUT2D eigenvalue weighted by molar-refractivity contribution is 0.0737. The molecule has 1 aliphatic heterocycles. The highest BCUT2D eigenvalue weighted by molar-refractivity contribution is 6.33. The highest BCUT2D eigenvalue weighted by Crippen LogP contribution is 2.33. The van der Waals surface area contributed by atoms with Crippen LogP contribution >= 0.6 is 11.6 Å². The van der Waals surface area contributed by atoms with Crippen molar-refractivity contribution in [1.82, 2.24) is 25.4 Å². The Hall–Kier alpha value is -3.68. The second-order valence-electron chi connectivity index (χ2n) is 7.84. The molecule has 0 spiro atoms. The monoisotopic (exact) mass is 459 g/mol. The van der Waals surface area contributed by atoms with E-state index in [0.29, 0.717) is 51.7 Å². The van der Waals surface area contributed by atoms with E-state index in [1.165, 1.54) is 6.07 Å². The topological polar surface area (TPSA) is 94.1 Å². The number of benzene rings is 2. The molecule has 7 nitrogen and oxygen atoms in total. The lowest BCUT2D eigenvalue weighted by atomic mass is 10.0. The molecule has 0 unspecified atom stereocenters. The molecular formula is C25H22ClN5O2. The van der Waals surface area contributed by atoms with Crippen molar-refractivity contribution in [2.45, 2.75) is 0 Å². The van der Waals surface area contributed by atoms with Crippen molar-refractivity contribution in [3.8, 4) is 17.0 Å². The van der Waals surface area contributed by atoms with Crippen molar-refractivity contribution in [3.63, 3.8) is 0 Å². The number of aromatic nitrogens is 3. The summed E-state index contributed by atoms with van der Waals surface area (Å²) in [6.45, 7) is 2.77. The molecule has 1 fully saturated rings. The summed E-state index contributed by atoms with van der Waals surface area (Å²) in [6, 6.07) is 16.4. The number of piperazine rings is 1. The summed E-state index contributed by atoms with van der Waals surface area (Å²) < 4.78 is 0. The minimum Gasteiger partial charge on any atom is -0.508 e. The van der Waals surface area contributed by atoms with Gasteiger partial charge in [0.2, 0.25) is 0 Å². The van der Waals surface area contributed by atoms with Gasteiger partial charge in [-0.2, -0.15) is 5.10 Å². The van der Waals surface area contributed by atoms with Gasteiger partial charge in [0.1, 0.15) is 5.75 Å². The Bertz CT molecular complexity index is 1340. The molecule has 3 N–H and O–H groups in total. The summed E-state index contributed by atoms with van der Waals surface area (Å²) >= 11 is 6.38.